The Bertz CT molecular complexity index is 993. The Hall–Kier alpha value is -3.03. The van der Waals surface area contributed by atoms with Crippen LogP contribution in [0.1, 0.15) is 42.4 Å². The van der Waals surface area contributed by atoms with E-state index >= 15 is 0 Å². The number of benzene rings is 2. The van der Waals surface area contributed by atoms with Crippen molar-refractivity contribution in [3.05, 3.63) is 65.2 Å². The van der Waals surface area contributed by atoms with Gasteiger partial charge in [0.2, 0.25) is 11.8 Å². The van der Waals surface area contributed by atoms with Gasteiger partial charge in [0.05, 0.1) is 5.41 Å². The van der Waals surface area contributed by atoms with Gasteiger partial charge in [-0.2, -0.15) is 0 Å². The van der Waals surface area contributed by atoms with Gasteiger partial charge in [0.1, 0.15) is 11.8 Å². The molecule has 4 rings (SSSR count). The summed E-state index contributed by atoms with van der Waals surface area (Å²) in [6.07, 6.45) is -1.33. The molecule has 1 atom stereocenters. The van der Waals surface area contributed by atoms with Gasteiger partial charge in [-0.1, -0.05) is 42.0 Å². The number of hydrogen-bond donors (Lipinski definition) is 1. The molecule has 1 N–H and O–H groups in total. The maximum Gasteiger partial charge on any atom is 0.573 e. The summed E-state index contributed by atoms with van der Waals surface area (Å²) in [6, 6.07) is 12.6. The standard InChI is InChI=1S/C25H27F3N2O3/c1-17-4-6-18(7-5-17)16-21(22(31)30-14-2-3-15-30)29-23(32)24(12-13-24)19-8-10-20(11-9-19)33-25(26,27)28/h4-11,21H,2-3,12-16H2,1H3,(H,29,32). The van der Waals surface area contributed by atoms with E-state index in [4.69, 9.17) is 0 Å². The molecule has 0 spiro atoms. The van der Waals surface area contributed by atoms with Crippen molar-refractivity contribution in [3.8, 4) is 5.75 Å². The maximum absolute atomic E-state index is 13.3. The fourth-order valence-corrected chi connectivity index (χ4v) is 4.36. The third-order valence-electron chi connectivity index (χ3n) is 6.41. The summed E-state index contributed by atoms with van der Waals surface area (Å²) in [7, 11) is 0. The Labute approximate surface area is 190 Å². The second-order valence-corrected chi connectivity index (χ2v) is 8.90. The minimum absolute atomic E-state index is 0.0915. The Morgan fingerprint density at radius 2 is 1.64 bits per heavy atom. The minimum Gasteiger partial charge on any atom is -0.406 e. The average Bonchev–Trinajstić information content (AvgIpc) is 3.40. The monoisotopic (exact) mass is 460 g/mol. The molecule has 1 saturated carbocycles. The van der Waals surface area contributed by atoms with Crippen LogP contribution in [-0.4, -0.2) is 42.2 Å². The highest BCUT2D eigenvalue weighted by atomic mass is 19.4. The molecule has 1 unspecified atom stereocenters. The topological polar surface area (TPSA) is 58.6 Å². The molecule has 2 aromatic carbocycles. The SMILES string of the molecule is Cc1ccc(CC(NC(=O)C2(c3ccc(OC(F)(F)F)cc3)CC2)C(=O)N2CCCC2)cc1. The molecule has 1 aliphatic carbocycles. The molecule has 1 heterocycles. The van der Waals surface area contributed by atoms with Crippen molar-refractivity contribution >= 4 is 11.8 Å². The van der Waals surface area contributed by atoms with Crippen LogP contribution >= 0.6 is 0 Å². The summed E-state index contributed by atoms with van der Waals surface area (Å²) in [5.74, 6) is -0.688. The van der Waals surface area contributed by atoms with E-state index in [0.29, 0.717) is 37.9 Å². The fraction of sp³-hybridized carbons (Fsp3) is 0.440. The first-order valence-corrected chi connectivity index (χ1v) is 11.2. The van der Waals surface area contributed by atoms with E-state index in [-0.39, 0.29) is 17.6 Å². The van der Waals surface area contributed by atoms with Gasteiger partial charge in [-0.05, 0) is 55.9 Å². The van der Waals surface area contributed by atoms with Crippen LogP contribution in [0.25, 0.3) is 0 Å². The van der Waals surface area contributed by atoms with Gasteiger partial charge in [0.15, 0.2) is 0 Å². The predicted molar refractivity (Wildman–Crippen MR) is 117 cm³/mol. The normalized spacial score (nSPS) is 18.0. The van der Waals surface area contributed by atoms with E-state index in [0.717, 1.165) is 24.0 Å². The lowest BCUT2D eigenvalue weighted by Crippen LogP contribution is -2.51. The largest absolute Gasteiger partial charge is 0.573 e. The third-order valence-corrected chi connectivity index (χ3v) is 6.41. The average molecular weight is 460 g/mol. The number of nitrogens with one attached hydrogen (secondary N) is 1. The molecule has 5 nitrogen and oxygen atoms in total. The molecule has 2 aliphatic rings. The molecule has 8 heteroatoms. The highest BCUT2D eigenvalue weighted by Crippen LogP contribution is 2.49. The lowest BCUT2D eigenvalue weighted by molar-refractivity contribution is -0.274. The van der Waals surface area contributed by atoms with Crippen molar-refractivity contribution in [2.45, 2.75) is 56.8 Å². The van der Waals surface area contributed by atoms with Gasteiger partial charge in [0.25, 0.3) is 0 Å². The molecule has 1 saturated heterocycles. The number of halogens is 3. The van der Waals surface area contributed by atoms with E-state index in [1.165, 1.54) is 24.3 Å². The molecule has 33 heavy (non-hydrogen) atoms. The quantitative estimate of drug-likeness (QED) is 0.671. The van der Waals surface area contributed by atoms with E-state index in [1.54, 1.807) is 4.90 Å². The first-order valence-electron chi connectivity index (χ1n) is 11.2. The van der Waals surface area contributed by atoms with Crippen LogP contribution in [0.15, 0.2) is 48.5 Å². The van der Waals surface area contributed by atoms with Crippen molar-refractivity contribution in [2.75, 3.05) is 13.1 Å². The predicted octanol–water partition coefficient (Wildman–Crippen LogP) is 4.28. The number of nitrogens with zero attached hydrogens (tertiary/aromatic N) is 1. The van der Waals surface area contributed by atoms with Crippen molar-refractivity contribution in [2.24, 2.45) is 0 Å². The number of hydrogen-bond acceptors (Lipinski definition) is 3. The summed E-state index contributed by atoms with van der Waals surface area (Å²) in [5.41, 5.74) is 1.86. The summed E-state index contributed by atoms with van der Waals surface area (Å²) in [5, 5.41) is 2.97. The number of rotatable bonds is 7. The van der Waals surface area contributed by atoms with Crippen molar-refractivity contribution < 1.29 is 27.5 Å². The molecular weight excluding hydrogens is 433 g/mol. The first kappa shape index (κ1) is 23.1. The minimum atomic E-state index is -4.77. The Morgan fingerprint density at radius 3 is 2.18 bits per heavy atom. The third kappa shape index (κ3) is 5.49. The van der Waals surface area contributed by atoms with Crippen LogP contribution < -0.4 is 10.1 Å². The van der Waals surface area contributed by atoms with Crippen LogP contribution in [0, 0.1) is 6.92 Å². The van der Waals surface area contributed by atoms with Crippen LogP contribution in [0.2, 0.25) is 0 Å². The number of amides is 2. The van der Waals surface area contributed by atoms with Gasteiger partial charge in [0, 0.05) is 19.5 Å². The fourth-order valence-electron chi connectivity index (χ4n) is 4.36. The maximum atomic E-state index is 13.3. The highest BCUT2D eigenvalue weighted by Gasteiger charge is 2.52. The van der Waals surface area contributed by atoms with E-state index in [2.05, 4.69) is 10.1 Å². The number of alkyl halides is 3. The van der Waals surface area contributed by atoms with Crippen LogP contribution in [0.3, 0.4) is 0 Å². The molecule has 0 radical (unpaired) electrons. The number of carbonyl (C=O) groups excluding carboxylic acids is 2. The molecule has 0 aromatic heterocycles. The van der Waals surface area contributed by atoms with Gasteiger partial charge < -0.3 is 15.0 Å². The molecule has 176 valence electrons. The summed E-state index contributed by atoms with van der Waals surface area (Å²) >= 11 is 0. The zero-order valence-electron chi connectivity index (χ0n) is 18.5. The highest BCUT2D eigenvalue weighted by molar-refractivity contribution is 5.95. The van der Waals surface area contributed by atoms with Crippen molar-refractivity contribution in [1.82, 2.24) is 10.2 Å². The molecule has 0 bridgehead atoms. The number of likely N-dealkylation sites (tertiary alicyclic amines) is 1. The summed E-state index contributed by atoms with van der Waals surface area (Å²) in [6.45, 7) is 3.36. The molecule has 2 amide bonds. The van der Waals surface area contributed by atoms with E-state index < -0.39 is 17.8 Å². The van der Waals surface area contributed by atoms with E-state index in [9.17, 15) is 22.8 Å². The zero-order valence-corrected chi connectivity index (χ0v) is 18.5. The van der Waals surface area contributed by atoms with Gasteiger partial charge in [-0.25, -0.2) is 0 Å². The smallest absolute Gasteiger partial charge is 0.406 e. The van der Waals surface area contributed by atoms with E-state index in [1.807, 2.05) is 31.2 Å². The molecule has 2 aromatic rings. The second kappa shape index (κ2) is 9.08. The van der Waals surface area contributed by atoms with Crippen LogP contribution in [0.4, 0.5) is 13.2 Å². The zero-order chi connectivity index (χ0) is 23.6. The van der Waals surface area contributed by atoms with Crippen molar-refractivity contribution in [1.29, 1.82) is 0 Å². The number of ether oxygens (including phenoxy) is 1. The lowest BCUT2D eigenvalue weighted by atomic mass is 9.93. The summed E-state index contributed by atoms with van der Waals surface area (Å²) < 4.78 is 41.3. The van der Waals surface area contributed by atoms with Gasteiger partial charge in [-0.3, -0.25) is 9.59 Å². The van der Waals surface area contributed by atoms with Crippen molar-refractivity contribution in [3.63, 3.8) is 0 Å². The second-order valence-electron chi connectivity index (χ2n) is 8.90. The Balaban J connectivity index is 1.50. The molecular formula is C25H27F3N2O3. The van der Waals surface area contributed by atoms with Crippen LogP contribution in [-0.2, 0) is 21.4 Å². The van der Waals surface area contributed by atoms with Crippen LogP contribution in [0.5, 0.6) is 5.75 Å². The Kier molecular flexibility index (Phi) is 6.36. The number of carbonyl (C=O) groups is 2. The van der Waals surface area contributed by atoms with Gasteiger partial charge in [-0.15, -0.1) is 13.2 Å². The summed E-state index contributed by atoms with van der Waals surface area (Å²) in [4.78, 5) is 28.3. The van der Waals surface area contributed by atoms with Gasteiger partial charge >= 0.3 is 6.36 Å². The molecule has 2 fully saturated rings. The molecule has 1 aliphatic heterocycles. The first-order chi connectivity index (χ1) is 15.7. The lowest BCUT2D eigenvalue weighted by Gasteiger charge is -2.26. The number of aryl methyl sites for hydroxylation is 1. The Morgan fingerprint density at radius 1 is 1.03 bits per heavy atom.